The summed E-state index contributed by atoms with van der Waals surface area (Å²) in [5.74, 6) is -2.21. The number of amides is 2. The van der Waals surface area contributed by atoms with Crippen molar-refractivity contribution in [2.75, 3.05) is 5.32 Å². The van der Waals surface area contributed by atoms with Crippen molar-refractivity contribution in [2.24, 2.45) is 0 Å². The highest BCUT2D eigenvalue weighted by atomic mass is 19.1. The molecule has 0 heterocycles. The lowest BCUT2D eigenvalue weighted by atomic mass is 9.89. The molecular formula is C21H23FN2O2. The van der Waals surface area contributed by atoms with Gasteiger partial charge in [-0.1, -0.05) is 37.3 Å². The molecule has 2 aromatic carbocycles. The van der Waals surface area contributed by atoms with Crippen molar-refractivity contribution in [3.8, 4) is 0 Å². The van der Waals surface area contributed by atoms with Crippen LogP contribution >= 0.6 is 0 Å². The zero-order valence-electron chi connectivity index (χ0n) is 14.8. The van der Waals surface area contributed by atoms with Gasteiger partial charge in [0.25, 0.3) is 0 Å². The summed E-state index contributed by atoms with van der Waals surface area (Å²) in [6.45, 7) is 1.96. The molecule has 5 heteroatoms. The monoisotopic (exact) mass is 354 g/mol. The molecule has 0 aromatic heterocycles. The second kappa shape index (κ2) is 8.13. The molecule has 0 saturated carbocycles. The van der Waals surface area contributed by atoms with Crippen LogP contribution < -0.4 is 10.6 Å². The quantitative estimate of drug-likeness (QED) is 0.818. The Hall–Kier alpha value is -2.69. The number of anilines is 1. The van der Waals surface area contributed by atoms with Crippen molar-refractivity contribution < 1.29 is 14.0 Å². The predicted molar refractivity (Wildman–Crippen MR) is 99.3 cm³/mol. The molecule has 0 saturated heterocycles. The zero-order valence-corrected chi connectivity index (χ0v) is 14.8. The molecule has 0 aliphatic heterocycles. The van der Waals surface area contributed by atoms with Crippen LogP contribution in [-0.4, -0.2) is 11.8 Å². The summed E-state index contributed by atoms with van der Waals surface area (Å²) in [5, 5.41) is 5.07. The van der Waals surface area contributed by atoms with E-state index in [4.69, 9.17) is 0 Å². The Morgan fingerprint density at radius 2 is 1.77 bits per heavy atom. The van der Waals surface area contributed by atoms with Gasteiger partial charge in [0.1, 0.15) is 5.82 Å². The Morgan fingerprint density at radius 3 is 2.50 bits per heavy atom. The van der Waals surface area contributed by atoms with E-state index in [2.05, 4.69) is 22.8 Å². The van der Waals surface area contributed by atoms with Crippen LogP contribution in [0.4, 0.5) is 10.1 Å². The van der Waals surface area contributed by atoms with E-state index in [9.17, 15) is 14.0 Å². The third kappa shape index (κ3) is 4.10. The number of rotatable bonds is 4. The third-order valence-electron chi connectivity index (χ3n) is 4.82. The second-order valence-corrected chi connectivity index (χ2v) is 6.60. The van der Waals surface area contributed by atoms with Crippen LogP contribution in [0.1, 0.15) is 48.9 Å². The van der Waals surface area contributed by atoms with Crippen molar-refractivity contribution in [3.05, 3.63) is 65.0 Å². The minimum absolute atomic E-state index is 0.00511. The zero-order chi connectivity index (χ0) is 18.5. The number of halogens is 1. The summed E-state index contributed by atoms with van der Waals surface area (Å²) in [7, 11) is 0. The molecule has 1 atom stereocenters. The van der Waals surface area contributed by atoms with E-state index in [0.717, 1.165) is 18.4 Å². The summed E-state index contributed by atoms with van der Waals surface area (Å²) < 4.78 is 13.6. The van der Waals surface area contributed by atoms with Gasteiger partial charge >= 0.3 is 11.8 Å². The van der Waals surface area contributed by atoms with Crippen LogP contribution in [0.15, 0.2) is 42.5 Å². The molecule has 4 nitrogen and oxygen atoms in total. The molecule has 136 valence electrons. The van der Waals surface area contributed by atoms with Crippen LogP contribution in [0, 0.1) is 5.82 Å². The van der Waals surface area contributed by atoms with Crippen molar-refractivity contribution in [1.82, 2.24) is 5.32 Å². The van der Waals surface area contributed by atoms with E-state index in [1.165, 1.54) is 42.2 Å². The van der Waals surface area contributed by atoms with Gasteiger partial charge < -0.3 is 10.6 Å². The lowest BCUT2D eigenvalue weighted by Gasteiger charge is -2.21. The first kappa shape index (κ1) is 18.1. The standard InChI is InChI=1S/C21H23FN2O2/c1-2-18(16-12-11-14-7-3-4-8-15(14)13-16)23-20(25)21(26)24-19-10-6-5-9-17(19)22/h5-6,9-13,18H,2-4,7-8H2,1H3,(H,23,25)(H,24,26). The fourth-order valence-corrected chi connectivity index (χ4v) is 3.36. The van der Waals surface area contributed by atoms with Crippen LogP contribution in [0.3, 0.4) is 0 Å². The maximum Gasteiger partial charge on any atom is 0.313 e. The molecule has 0 radical (unpaired) electrons. The molecule has 3 rings (SSSR count). The van der Waals surface area contributed by atoms with Gasteiger partial charge in [-0.05, 0) is 60.9 Å². The molecule has 1 aliphatic carbocycles. The molecule has 2 aromatic rings. The highest BCUT2D eigenvalue weighted by Gasteiger charge is 2.21. The van der Waals surface area contributed by atoms with Crippen LogP contribution in [0.2, 0.25) is 0 Å². The number of carbonyl (C=O) groups excluding carboxylic acids is 2. The van der Waals surface area contributed by atoms with Gasteiger partial charge in [-0.15, -0.1) is 0 Å². The van der Waals surface area contributed by atoms with Crippen molar-refractivity contribution in [2.45, 2.75) is 45.1 Å². The number of nitrogens with one attached hydrogen (secondary N) is 2. The Balaban J connectivity index is 1.68. The lowest BCUT2D eigenvalue weighted by Crippen LogP contribution is -2.37. The fraction of sp³-hybridized carbons (Fsp3) is 0.333. The van der Waals surface area contributed by atoms with E-state index in [0.29, 0.717) is 6.42 Å². The van der Waals surface area contributed by atoms with Crippen LogP contribution in [0.25, 0.3) is 0 Å². The predicted octanol–water partition coefficient (Wildman–Crippen LogP) is 3.91. The summed E-state index contributed by atoms with van der Waals surface area (Å²) in [4.78, 5) is 24.3. The van der Waals surface area contributed by atoms with Crippen molar-refractivity contribution in [1.29, 1.82) is 0 Å². The fourth-order valence-electron chi connectivity index (χ4n) is 3.36. The average Bonchev–Trinajstić information content (AvgIpc) is 2.67. The number of hydrogen-bond donors (Lipinski definition) is 2. The number of para-hydroxylation sites is 1. The van der Waals surface area contributed by atoms with E-state index in [1.807, 2.05) is 13.0 Å². The van der Waals surface area contributed by atoms with Gasteiger partial charge in [0, 0.05) is 0 Å². The number of benzene rings is 2. The third-order valence-corrected chi connectivity index (χ3v) is 4.82. The Kier molecular flexibility index (Phi) is 5.66. The van der Waals surface area contributed by atoms with Crippen LogP contribution in [-0.2, 0) is 22.4 Å². The van der Waals surface area contributed by atoms with Crippen molar-refractivity contribution in [3.63, 3.8) is 0 Å². The van der Waals surface area contributed by atoms with Crippen molar-refractivity contribution >= 4 is 17.5 Å². The summed E-state index contributed by atoms with van der Waals surface area (Å²) in [6.07, 6.45) is 5.23. The molecule has 1 aliphatic rings. The first-order chi connectivity index (χ1) is 12.6. The van der Waals surface area contributed by atoms with Gasteiger partial charge in [-0.3, -0.25) is 9.59 Å². The minimum atomic E-state index is -0.869. The SMILES string of the molecule is CCC(NC(=O)C(=O)Nc1ccccc1F)c1ccc2c(c1)CCCC2. The smallest absolute Gasteiger partial charge is 0.313 e. The first-order valence-electron chi connectivity index (χ1n) is 9.06. The highest BCUT2D eigenvalue weighted by Crippen LogP contribution is 2.26. The molecule has 0 fully saturated rings. The topological polar surface area (TPSA) is 58.2 Å². The molecule has 2 amide bonds. The highest BCUT2D eigenvalue weighted by molar-refractivity contribution is 6.39. The summed E-state index contributed by atoms with van der Waals surface area (Å²) >= 11 is 0. The summed E-state index contributed by atoms with van der Waals surface area (Å²) in [6, 6.07) is 11.8. The number of fused-ring (bicyclic) bond motifs is 1. The normalized spacial score (nSPS) is 14.2. The average molecular weight is 354 g/mol. The Bertz CT molecular complexity index is 819. The summed E-state index contributed by atoms with van der Waals surface area (Å²) in [5.41, 5.74) is 3.70. The van der Waals surface area contributed by atoms with Gasteiger partial charge in [0.2, 0.25) is 0 Å². The molecular weight excluding hydrogens is 331 g/mol. The van der Waals surface area contributed by atoms with Gasteiger partial charge in [0.05, 0.1) is 11.7 Å². The van der Waals surface area contributed by atoms with Gasteiger partial charge in [-0.25, -0.2) is 4.39 Å². The number of hydrogen-bond acceptors (Lipinski definition) is 2. The minimum Gasteiger partial charge on any atom is -0.341 e. The largest absolute Gasteiger partial charge is 0.341 e. The maximum absolute atomic E-state index is 13.6. The van der Waals surface area contributed by atoms with Gasteiger partial charge in [-0.2, -0.15) is 0 Å². The molecule has 1 unspecified atom stereocenters. The van der Waals surface area contributed by atoms with Crippen LogP contribution in [0.5, 0.6) is 0 Å². The molecule has 0 spiro atoms. The molecule has 0 bridgehead atoms. The van der Waals surface area contributed by atoms with Gasteiger partial charge in [0.15, 0.2) is 0 Å². The lowest BCUT2D eigenvalue weighted by molar-refractivity contribution is -0.136. The molecule has 2 N–H and O–H groups in total. The Labute approximate surface area is 152 Å². The number of aryl methyl sites for hydroxylation is 2. The van der Waals surface area contributed by atoms with E-state index in [-0.39, 0.29) is 11.7 Å². The van der Waals surface area contributed by atoms with E-state index in [1.54, 1.807) is 6.07 Å². The van der Waals surface area contributed by atoms with E-state index >= 15 is 0 Å². The maximum atomic E-state index is 13.6. The second-order valence-electron chi connectivity index (χ2n) is 6.60. The van der Waals surface area contributed by atoms with E-state index < -0.39 is 17.6 Å². The Morgan fingerprint density at radius 1 is 1.04 bits per heavy atom. The molecule has 26 heavy (non-hydrogen) atoms. The number of carbonyl (C=O) groups is 2. The first-order valence-corrected chi connectivity index (χ1v) is 9.06.